The highest BCUT2D eigenvalue weighted by Gasteiger charge is 2.41. The molecule has 2 fully saturated rings. The Kier molecular flexibility index (Phi) is 4.32. The van der Waals surface area contributed by atoms with E-state index in [1.165, 1.54) is 10.5 Å². The van der Waals surface area contributed by atoms with Gasteiger partial charge in [-0.05, 0) is 17.5 Å². The Morgan fingerprint density at radius 3 is 2.59 bits per heavy atom. The van der Waals surface area contributed by atoms with Crippen LogP contribution < -0.4 is 5.32 Å². The standard InChI is InChI=1S/C15H15IN2O4/c16-7-9-1-3-10(4-2-9)12-8-18(15(21)22-12)11-5-6-13(19)17-14(11)20/h1-4,11-12H,5-8H2,(H,17,19,20)/t11?,12-/m1/s1. The average molecular weight is 414 g/mol. The number of piperidine rings is 1. The first-order valence-corrected chi connectivity index (χ1v) is 8.57. The Bertz CT molecular complexity index is 616. The van der Waals surface area contributed by atoms with Crippen molar-refractivity contribution in [2.24, 2.45) is 0 Å². The fraction of sp³-hybridized carbons (Fsp3) is 0.400. The van der Waals surface area contributed by atoms with Gasteiger partial charge in [0.05, 0.1) is 6.54 Å². The number of rotatable bonds is 3. The molecule has 1 unspecified atom stereocenters. The van der Waals surface area contributed by atoms with E-state index in [4.69, 9.17) is 4.74 Å². The predicted molar refractivity (Wildman–Crippen MR) is 86.3 cm³/mol. The topological polar surface area (TPSA) is 75.7 Å². The van der Waals surface area contributed by atoms with Crippen molar-refractivity contribution in [1.82, 2.24) is 10.2 Å². The molecule has 0 spiro atoms. The number of nitrogens with zero attached hydrogens (tertiary/aromatic N) is 1. The second-order valence-corrected chi connectivity index (χ2v) is 6.13. The van der Waals surface area contributed by atoms with E-state index in [0.717, 1.165) is 9.99 Å². The molecule has 6 nitrogen and oxygen atoms in total. The minimum atomic E-state index is -0.621. The van der Waals surface area contributed by atoms with Crippen molar-refractivity contribution >= 4 is 40.5 Å². The smallest absolute Gasteiger partial charge is 0.411 e. The number of hydrogen-bond donors (Lipinski definition) is 1. The minimum Gasteiger partial charge on any atom is -0.439 e. The molecule has 1 N–H and O–H groups in total. The molecular formula is C15H15IN2O4. The lowest BCUT2D eigenvalue weighted by molar-refractivity contribution is -0.136. The molecular weight excluding hydrogens is 399 g/mol. The van der Waals surface area contributed by atoms with Crippen LogP contribution in [0.5, 0.6) is 0 Å². The summed E-state index contributed by atoms with van der Waals surface area (Å²) in [7, 11) is 0. The number of cyclic esters (lactones) is 1. The molecule has 1 aromatic carbocycles. The van der Waals surface area contributed by atoms with Gasteiger partial charge in [0, 0.05) is 10.8 Å². The van der Waals surface area contributed by atoms with Crippen LogP contribution in [0.2, 0.25) is 0 Å². The number of nitrogens with one attached hydrogen (secondary N) is 1. The van der Waals surface area contributed by atoms with Gasteiger partial charge >= 0.3 is 6.09 Å². The molecule has 0 bridgehead atoms. The van der Waals surface area contributed by atoms with E-state index in [-0.39, 0.29) is 18.4 Å². The van der Waals surface area contributed by atoms with E-state index in [1.807, 2.05) is 24.3 Å². The highest BCUT2D eigenvalue weighted by atomic mass is 127. The highest BCUT2D eigenvalue weighted by molar-refractivity contribution is 14.1. The van der Waals surface area contributed by atoms with Crippen molar-refractivity contribution in [3.63, 3.8) is 0 Å². The summed E-state index contributed by atoms with van der Waals surface area (Å²) in [6.07, 6.45) is -0.284. The monoisotopic (exact) mass is 414 g/mol. The van der Waals surface area contributed by atoms with Gasteiger partial charge < -0.3 is 4.74 Å². The zero-order valence-electron chi connectivity index (χ0n) is 11.8. The normalized spacial score (nSPS) is 25.1. The molecule has 2 saturated heterocycles. The lowest BCUT2D eigenvalue weighted by atomic mass is 10.0. The molecule has 0 saturated carbocycles. The van der Waals surface area contributed by atoms with Crippen LogP contribution >= 0.6 is 22.6 Å². The average Bonchev–Trinajstić information content (AvgIpc) is 2.89. The van der Waals surface area contributed by atoms with Crippen LogP contribution in [0.3, 0.4) is 0 Å². The van der Waals surface area contributed by atoms with E-state index >= 15 is 0 Å². The van der Waals surface area contributed by atoms with Crippen LogP contribution in [-0.2, 0) is 18.8 Å². The maximum atomic E-state index is 12.0. The van der Waals surface area contributed by atoms with Crippen molar-refractivity contribution in [3.8, 4) is 0 Å². The molecule has 2 atom stereocenters. The van der Waals surface area contributed by atoms with Gasteiger partial charge in [-0.3, -0.25) is 19.8 Å². The minimum absolute atomic E-state index is 0.245. The molecule has 116 valence electrons. The lowest BCUT2D eigenvalue weighted by Crippen LogP contribution is -2.52. The Labute approximate surface area is 141 Å². The number of carbonyl (C=O) groups is 3. The second kappa shape index (κ2) is 6.23. The zero-order chi connectivity index (χ0) is 15.7. The van der Waals surface area contributed by atoms with E-state index in [0.29, 0.717) is 13.0 Å². The SMILES string of the molecule is O=C1CCC(N2C[C@H](c3ccc(CI)cc3)OC2=O)C(=O)N1. The van der Waals surface area contributed by atoms with Crippen LogP contribution in [0.1, 0.15) is 30.1 Å². The number of carbonyl (C=O) groups excluding carboxylic acids is 3. The van der Waals surface area contributed by atoms with Crippen molar-refractivity contribution < 1.29 is 19.1 Å². The first-order chi connectivity index (χ1) is 10.6. The summed E-state index contributed by atoms with van der Waals surface area (Å²) >= 11 is 2.29. The van der Waals surface area contributed by atoms with Gasteiger partial charge in [-0.15, -0.1) is 0 Å². The van der Waals surface area contributed by atoms with E-state index < -0.39 is 18.0 Å². The quantitative estimate of drug-likeness (QED) is 0.466. The van der Waals surface area contributed by atoms with Crippen LogP contribution in [0, 0.1) is 0 Å². The zero-order valence-corrected chi connectivity index (χ0v) is 13.9. The Hall–Kier alpha value is -1.64. The van der Waals surface area contributed by atoms with Crippen molar-refractivity contribution in [2.75, 3.05) is 6.54 Å². The fourth-order valence-electron chi connectivity index (χ4n) is 2.71. The number of benzene rings is 1. The summed E-state index contributed by atoms with van der Waals surface area (Å²) in [6, 6.07) is 7.28. The molecule has 0 aliphatic carbocycles. The Morgan fingerprint density at radius 1 is 1.23 bits per heavy atom. The number of ether oxygens (including phenoxy) is 1. The van der Waals surface area contributed by atoms with E-state index in [9.17, 15) is 14.4 Å². The third-order valence-electron chi connectivity index (χ3n) is 3.93. The largest absolute Gasteiger partial charge is 0.439 e. The molecule has 22 heavy (non-hydrogen) atoms. The maximum Gasteiger partial charge on any atom is 0.411 e. The summed E-state index contributed by atoms with van der Waals surface area (Å²) in [5.41, 5.74) is 2.12. The summed E-state index contributed by atoms with van der Waals surface area (Å²) in [5, 5.41) is 2.27. The second-order valence-electron chi connectivity index (χ2n) is 5.37. The third-order valence-corrected chi connectivity index (χ3v) is 4.81. The molecule has 0 radical (unpaired) electrons. The molecule has 2 heterocycles. The molecule has 0 aromatic heterocycles. The molecule has 2 aliphatic rings. The first-order valence-electron chi connectivity index (χ1n) is 7.04. The van der Waals surface area contributed by atoms with Gasteiger partial charge in [-0.25, -0.2) is 4.79 Å². The van der Waals surface area contributed by atoms with E-state index in [1.54, 1.807) is 0 Å². The lowest BCUT2D eigenvalue weighted by Gasteiger charge is -2.27. The van der Waals surface area contributed by atoms with E-state index in [2.05, 4.69) is 27.9 Å². The molecule has 3 rings (SSSR count). The Morgan fingerprint density at radius 2 is 1.95 bits per heavy atom. The van der Waals surface area contributed by atoms with Crippen molar-refractivity contribution in [1.29, 1.82) is 0 Å². The van der Waals surface area contributed by atoms with Gasteiger partial charge in [0.25, 0.3) is 0 Å². The van der Waals surface area contributed by atoms with Gasteiger partial charge in [0.2, 0.25) is 11.8 Å². The summed E-state index contributed by atoms with van der Waals surface area (Å²) < 4.78 is 6.30. The van der Waals surface area contributed by atoms with Gasteiger partial charge in [0.1, 0.15) is 12.1 Å². The number of amides is 3. The number of alkyl halides is 1. The van der Waals surface area contributed by atoms with Gasteiger partial charge in [-0.1, -0.05) is 46.9 Å². The van der Waals surface area contributed by atoms with Crippen LogP contribution in [-0.4, -0.2) is 35.4 Å². The van der Waals surface area contributed by atoms with Gasteiger partial charge in [0.15, 0.2) is 0 Å². The molecule has 2 aliphatic heterocycles. The first kappa shape index (κ1) is 15.3. The van der Waals surface area contributed by atoms with Crippen molar-refractivity contribution in [2.45, 2.75) is 29.4 Å². The third kappa shape index (κ3) is 2.94. The summed E-state index contributed by atoms with van der Waals surface area (Å²) in [5.74, 6) is -0.714. The molecule has 1 aromatic rings. The molecule has 7 heteroatoms. The van der Waals surface area contributed by atoms with Crippen molar-refractivity contribution in [3.05, 3.63) is 35.4 Å². The number of imide groups is 1. The van der Waals surface area contributed by atoms with Crippen LogP contribution in [0.25, 0.3) is 0 Å². The van der Waals surface area contributed by atoms with Crippen LogP contribution in [0.15, 0.2) is 24.3 Å². The number of halogens is 1. The summed E-state index contributed by atoms with van der Waals surface area (Å²) in [4.78, 5) is 36.5. The number of hydrogen-bond acceptors (Lipinski definition) is 4. The summed E-state index contributed by atoms with van der Waals surface area (Å²) in [6.45, 7) is 0.328. The molecule has 3 amide bonds. The highest BCUT2D eigenvalue weighted by Crippen LogP contribution is 2.29. The maximum absolute atomic E-state index is 12.0. The van der Waals surface area contributed by atoms with Gasteiger partial charge in [-0.2, -0.15) is 0 Å². The fourth-order valence-corrected chi connectivity index (χ4v) is 3.22. The predicted octanol–water partition coefficient (Wildman–Crippen LogP) is 1.92. The Balaban J connectivity index is 1.72. The van der Waals surface area contributed by atoms with Crippen LogP contribution in [0.4, 0.5) is 4.79 Å².